The van der Waals surface area contributed by atoms with E-state index in [-0.39, 0.29) is 17.3 Å². The number of nitrogens with one attached hydrogen (secondary N) is 1. The number of ether oxygens (including phenoxy) is 1. The molecule has 0 spiro atoms. The number of aromatic nitrogens is 2. The van der Waals surface area contributed by atoms with Gasteiger partial charge in [-0.3, -0.25) is 10.1 Å². The maximum atomic E-state index is 11.9. The van der Waals surface area contributed by atoms with Gasteiger partial charge in [0.1, 0.15) is 11.4 Å². The van der Waals surface area contributed by atoms with E-state index < -0.39 is 11.9 Å². The fourth-order valence-corrected chi connectivity index (χ4v) is 1.38. The molecule has 2 aromatic rings. The number of anilines is 1. The summed E-state index contributed by atoms with van der Waals surface area (Å²) in [5.41, 5.74) is 0.785. The predicted molar refractivity (Wildman–Crippen MR) is 64.8 cm³/mol. The minimum atomic E-state index is -0.606. The number of pyridine rings is 1. The molecule has 0 aliphatic carbocycles. The zero-order valence-corrected chi connectivity index (χ0v) is 10.3. The first-order valence-electron chi connectivity index (χ1n) is 5.40. The van der Waals surface area contributed by atoms with E-state index in [1.165, 1.54) is 19.2 Å². The highest BCUT2D eigenvalue weighted by atomic mass is 16.5. The summed E-state index contributed by atoms with van der Waals surface area (Å²) in [7, 11) is 1.24. The highest BCUT2D eigenvalue weighted by molar-refractivity contribution is 6.02. The Morgan fingerprint density at radius 3 is 2.68 bits per heavy atom. The van der Waals surface area contributed by atoms with E-state index in [0.717, 1.165) is 0 Å². The molecule has 0 aromatic carbocycles. The van der Waals surface area contributed by atoms with Crippen LogP contribution >= 0.6 is 0 Å². The molecule has 19 heavy (non-hydrogen) atoms. The number of carbonyl (C=O) groups is 2. The van der Waals surface area contributed by atoms with Crippen molar-refractivity contribution in [2.24, 2.45) is 0 Å². The Morgan fingerprint density at radius 2 is 2.05 bits per heavy atom. The molecule has 1 N–H and O–H groups in total. The molecule has 2 aromatic heterocycles. The topological polar surface area (TPSA) is 94.3 Å². The van der Waals surface area contributed by atoms with Crippen molar-refractivity contribution in [1.29, 1.82) is 0 Å². The van der Waals surface area contributed by atoms with Crippen LogP contribution in [-0.4, -0.2) is 29.1 Å². The van der Waals surface area contributed by atoms with Crippen LogP contribution in [-0.2, 0) is 4.74 Å². The number of methoxy groups -OCH3 is 1. The lowest BCUT2D eigenvalue weighted by Crippen LogP contribution is -2.15. The molecule has 0 bridgehead atoms. The normalized spacial score (nSPS) is 10.0. The van der Waals surface area contributed by atoms with Crippen LogP contribution in [0.15, 0.2) is 28.8 Å². The number of amides is 1. The van der Waals surface area contributed by atoms with Gasteiger partial charge >= 0.3 is 5.97 Å². The monoisotopic (exact) mass is 261 g/mol. The number of hydrogen-bond acceptors (Lipinski definition) is 6. The van der Waals surface area contributed by atoms with Gasteiger partial charge in [-0.15, -0.1) is 0 Å². The minimum Gasteiger partial charge on any atom is -0.464 e. The third kappa shape index (κ3) is 2.95. The molecule has 98 valence electrons. The molecular weight excluding hydrogens is 250 g/mol. The third-order valence-corrected chi connectivity index (χ3v) is 2.24. The van der Waals surface area contributed by atoms with Crippen LogP contribution < -0.4 is 5.32 Å². The number of hydrogen-bond donors (Lipinski definition) is 1. The van der Waals surface area contributed by atoms with Gasteiger partial charge in [0.2, 0.25) is 5.88 Å². The van der Waals surface area contributed by atoms with Crippen molar-refractivity contribution in [3.05, 3.63) is 41.3 Å². The van der Waals surface area contributed by atoms with E-state index in [1.54, 1.807) is 19.1 Å². The highest BCUT2D eigenvalue weighted by Gasteiger charge is 2.14. The SMILES string of the molecule is COC(=O)c1cccc(C(=O)Nc2cc(C)no2)n1. The number of carbonyl (C=O) groups excluding carboxylic acids is 2. The smallest absolute Gasteiger partial charge is 0.356 e. The molecule has 0 radical (unpaired) electrons. The molecule has 0 aliphatic heterocycles. The molecule has 7 nitrogen and oxygen atoms in total. The molecule has 7 heteroatoms. The fourth-order valence-electron chi connectivity index (χ4n) is 1.38. The Morgan fingerprint density at radius 1 is 1.32 bits per heavy atom. The molecule has 2 rings (SSSR count). The molecule has 0 saturated heterocycles. The van der Waals surface area contributed by atoms with Crippen molar-refractivity contribution in [3.8, 4) is 0 Å². The first-order chi connectivity index (χ1) is 9.10. The quantitative estimate of drug-likeness (QED) is 0.839. The number of nitrogens with zero attached hydrogens (tertiary/aromatic N) is 2. The van der Waals surface area contributed by atoms with E-state index in [0.29, 0.717) is 5.69 Å². The van der Waals surface area contributed by atoms with Crippen LogP contribution in [0.1, 0.15) is 26.7 Å². The van der Waals surface area contributed by atoms with Crippen molar-refractivity contribution < 1.29 is 18.8 Å². The first kappa shape index (κ1) is 12.7. The van der Waals surface area contributed by atoms with Crippen LogP contribution in [0.2, 0.25) is 0 Å². The second-order valence-corrected chi connectivity index (χ2v) is 3.69. The zero-order valence-electron chi connectivity index (χ0n) is 10.3. The molecule has 2 heterocycles. The minimum absolute atomic E-state index is 0.0592. The summed E-state index contributed by atoms with van der Waals surface area (Å²) in [5, 5.41) is 6.12. The van der Waals surface area contributed by atoms with Crippen LogP contribution in [0.4, 0.5) is 5.88 Å². The Hall–Kier alpha value is -2.70. The number of aryl methyl sites for hydroxylation is 1. The Kier molecular flexibility index (Phi) is 3.56. The van der Waals surface area contributed by atoms with Gasteiger partial charge in [0.15, 0.2) is 0 Å². The lowest BCUT2D eigenvalue weighted by molar-refractivity contribution is 0.0594. The Labute approximate surface area is 108 Å². The van der Waals surface area contributed by atoms with Gasteiger partial charge in [-0.2, -0.15) is 0 Å². The van der Waals surface area contributed by atoms with E-state index >= 15 is 0 Å². The molecular formula is C12H11N3O4. The molecule has 0 aliphatic rings. The van der Waals surface area contributed by atoms with Crippen LogP contribution in [0.5, 0.6) is 0 Å². The van der Waals surface area contributed by atoms with Gasteiger partial charge in [-0.1, -0.05) is 11.2 Å². The maximum absolute atomic E-state index is 11.9. The summed E-state index contributed by atoms with van der Waals surface area (Å²) in [5.74, 6) is -0.889. The summed E-state index contributed by atoms with van der Waals surface area (Å²) in [4.78, 5) is 27.1. The van der Waals surface area contributed by atoms with E-state index in [2.05, 4.69) is 20.2 Å². The predicted octanol–water partition coefficient (Wildman–Crippen LogP) is 1.42. The largest absolute Gasteiger partial charge is 0.464 e. The second kappa shape index (κ2) is 5.30. The molecule has 0 fully saturated rings. The highest BCUT2D eigenvalue weighted by Crippen LogP contribution is 2.10. The average Bonchev–Trinajstić information content (AvgIpc) is 2.83. The average molecular weight is 261 g/mol. The van der Waals surface area contributed by atoms with E-state index in [4.69, 9.17) is 4.52 Å². The second-order valence-electron chi connectivity index (χ2n) is 3.69. The summed E-state index contributed by atoms with van der Waals surface area (Å²) in [6.45, 7) is 1.73. The Bertz CT molecular complexity index is 621. The summed E-state index contributed by atoms with van der Waals surface area (Å²) < 4.78 is 9.38. The molecule has 0 unspecified atom stereocenters. The summed E-state index contributed by atoms with van der Waals surface area (Å²) >= 11 is 0. The van der Waals surface area contributed by atoms with Gasteiger partial charge < -0.3 is 9.26 Å². The van der Waals surface area contributed by atoms with Gasteiger partial charge in [-0.25, -0.2) is 9.78 Å². The van der Waals surface area contributed by atoms with Crippen molar-refractivity contribution in [1.82, 2.24) is 10.1 Å². The van der Waals surface area contributed by atoms with E-state index in [1.807, 2.05) is 0 Å². The van der Waals surface area contributed by atoms with Gasteiger partial charge in [0.05, 0.1) is 12.8 Å². The van der Waals surface area contributed by atoms with Crippen LogP contribution in [0.3, 0.4) is 0 Å². The number of rotatable bonds is 3. The molecule has 0 saturated carbocycles. The molecule has 0 atom stereocenters. The van der Waals surface area contributed by atoms with Gasteiger partial charge in [0.25, 0.3) is 5.91 Å². The first-order valence-corrected chi connectivity index (χ1v) is 5.40. The Balaban J connectivity index is 2.17. The lowest BCUT2D eigenvalue weighted by Gasteiger charge is -2.02. The summed E-state index contributed by atoms with van der Waals surface area (Å²) in [6.07, 6.45) is 0. The fraction of sp³-hybridized carbons (Fsp3) is 0.167. The van der Waals surface area contributed by atoms with Gasteiger partial charge in [-0.05, 0) is 19.1 Å². The zero-order chi connectivity index (χ0) is 13.8. The molecule has 1 amide bonds. The van der Waals surface area contributed by atoms with Crippen molar-refractivity contribution in [2.75, 3.05) is 12.4 Å². The lowest BCUT2D eigenvalue weighted by atomic mass is 10.3. The van der Waals surface area contributed by atoms with Crippen molar-refractivity contribution in [3.63, 3.8) is 0 Å². The maximum Gasteiger partial charge on any atom is 0.356 e. The van der Waals surface area contributed by atoms with Gasteiger partial charge in [0, 0.05) is 6.07 Å². The van der Waals surface area contributed by atoms with Crippen LogP contribution in [0.25, 0.3) is 0 Å². The summed E-state index contributed by atoms with van der Waals surface area (Å²) in [6, 6.07) is 6.05. The van der Waals surface area contributed by atoms with Crippen LogP contribution in [0, 0.1) is 6.92 Å². The standard InChI is InChI=1S/C12H11N3O4/c1-7-6-10(19-15-7)14-11(16)8-4-3-5-9(13-8)12(17)18-2/h3-6H,1-2H3,(H,14,16). The number of esters is 1. The van der Waals surface area contributed by atoms with E-state index in [9.17, 15) is 9.59 Å². The van der Waals surface area contributed by atoms with Crippen molar-refractivity contribution in [2.45, 2.75) is 6.92 Å². The van der Waals surface area contributed by atoms with Crippen molar-refractivity contribution >= 4 is 17.8 Å². The third-order valence-electron chi connectivity index (χ3n) is 2.24.